The van der Waals surface area contributed by atoms with Gasteiger partial charge in [-0.3, -0.25) is 0 Å². The van der Waals surface area contributed by atoms with Gasteiger partial charge in [0.2, 0.25) is 0 Å². The number of nitrogens with one attached hydrogen (secondary N) is 1. The molecule has 2 fully saturated rings. The van der Waals surface area contributed by atoms with Crippen LogP contribution in [0.25, 0.3) is 0 Å². The van der Waals surface area contributed by atoms with Gasteiger partial charge < -0.3 is 9.88 Å². The zero-order valence-electron chi connectivity index (χ0n) is 18.3. The number of halogens is 1. The number of aromatic amines is 1. The molecular formula is C25H30FN5S. The van der Waals surface area contributed by atoms with Crippen LogP contribution in [0, 0.1) is 5.82 Å². The molecule has 0 amide bonds. The smallest absolute Gasteiger partial charge is 0.133 e. The van der Waals surface area contributed by atoms with Crippen LogP contribution in [0.4, 0.5) is 10.1 Å². The van der Waals surface area contributed by atoms with Crippen LogP contribution < -0.4 is 4.90 Å². The van der Waals surface area contributed by atoms with E-state index >= 15 is 0 Å². The van der Waals surface area contributed by atoms with Crippen molar-refractivity contribution in [3.05, 3.63) is 77.6 Å². The molecule has 1 aromatic heterocycles. The number of anilines is 1. The summed E-state index contributed by atoms with van der Waals surface area (Å²) in [6.07, 6.45) is 6.80. The largest absolute Gasteiger partial charge is 0.371 e. The SMILES string of the molecule is Fc1cc(N2CCC(c3nnc[nH]3)CC2)ccc1CCN1CCCC(c2ccccc2)S1. The van der Waals surface area contributed by atoms with Gasteiger partial charge in [-0.25, -0.2) is 8.70 Å². The van der Waals surface area contributed by atoms with Crippen molar-refractivity contribution >= 4 is 17.6 Å². The quantitative estimate of drug-likeness (QED) is 0.512. The first-order chi connectivity index (χ1) is 15.8. The van der Waals surface area contributed by atoms with E-state index in [4.69, 9.17) is 0 Å². The Morgan fingerprint density at radius 3 is 2.62 bits per heavy atom. The fourth-order valence-corrected chi connectivity index (χ4v) is 6.15. The van der Waals surface area contributed by atoms with Crippen molar-refractivity contribution in [2.45, 2.75) is 43.3 Å². The Kier molecular flexibility index (Phi) is 6.74. The van der Waals surface area contributed by atoms with Gasteiger partial charge in [-0.15, -0.1) is 10.2 Å². The Morgan fingerprint density at radius 2 is 1.88 bits per heavy atom. The third kappa shape index (κ3) is 4.99. The van der Waals surface area contributed by atoms with Crippen molar-refractivity contribution in [2.75, 3.05) is 31.1 Å². The van der Waals surface area contributed by atoms with Gasteiger partial charge in [0.05, 0.1) is 0 Å². The minimum Gasteiger partial charge on any atom is -0.371 e. The van der Waals surface area contributed by atoms with Gasteiger partial charge in [0.1, 0.15) is 18.0 Å². The molecule has 0 bridgehead atoms. The van der Waals surface area contributed by atoms with Gasteiger partial charge in [-0.05, 0) is 55.4 Å². The Labute approximate surface area is 193 Å². The van der Waals surface area contributed by atoms with Crippen LogP contribution in [0.15, 0.2) is 54.9 Å². The monoisotopic (exact) mass is 451 g/mol. The van der Waals surface area contributed by atoms with Crippen molar-refractivity contribution in [3.63, 3.8) is 0 Å². The number of hydrogen-bond acceptors (Lipinski definition) is 5. The standard InChI is InChI=1S/C25H30FN5S/c26-23-17-22(30-14-10-21(11-15-30)25-27-18-28-29-25)9-8-19(23)12-16-31-13-4-7-24(32-31)20-5-2-1-3-6-20/h1-3,5-6,8-9,17-18,21,24H,4,7,10-16H2,(H,27,28,29). The molecule has 32 heavy (non-hydrogen) atoms. The summed E-state index contributed by atoms with van der Waals surface area (Å²) in [5.41, 5.74) is 3.19. The number of nitrogens with zero attached hydrogens (tertiary/aromatic N) is 4. The molecule has 7 heteroatoms. The summed E-state index contributed by atoms with van der Waals surface area (Å²) < 4.78 is 17.3. The third-order valence-corrected chi connectivity index (χ3v) is 8.10. The van der Waals surface area contributed by atoms with Crippen LogP contribution in [0.2, 0.25) is 0 Å². The normalized spacial score (nSPS) is 20.5. The molecule has 168 valence electrons. The molecule has 2 aromatic carbocycles. The fraction of sp³-hybridized carbons (Fsp3) is 0.440. The first kappa shape index (κ1) is 21.5. The molecule has 3 heterocycles. The van der Waals surface area contributed by atoms with Crippen LogP contribution in [0.3, 0.4) is 0 Å². The second kappa shape index (κ2) is 10.0. The number of rotatable bonds is 6. The third-order valence-electron chi connectivity index (χ3n) is 6.67. The van der Waals surface area contributed by atoms with Gasteiger partial charge in [0.25, 0.3) is 0 Å². The zero-order valence-corrected chi connectivity index (χ0v) is 19.1. The van der Waals surface area contributed by atoms with Gasteiger partial charge >= 0.3 is 0 Å². The highest BCUT2D eigenvalue weighted by Gasteiger charge is 2.24. The lowest BCUT2D eigenvalue weighted by molar-refractivity contribution is 0.424. The number of H-pyrrole nitrogens is 1. The molecule has 2 aliphatic rings. The Morgan fingerprint density at radius 1 is 1.03 bits per heavy atom. The van der Waals surface area contributed by atoms with Gasteiger partial charge in [0, 0.05) is 43.0 Å². The van der Waals surface area contributed by atoms with Crippen molar-refractivity contribution in [2.24, 2.45) is 0 Å². The van der Waals surface area contributed by atoms with E-state index < -0.39 is 0 Å². The number of aromatic nitrogens is 3. The summed E-state index contributed by atoms with van der Waals surface area (Å²) in [7, 11) is 0. The summed E-state index contributed by atoms with van der Waals surface area (Å²) in [5.74, 6) is 1.30. The van der Waals surface area contributed by atoms with E-state index in [1.165, 1.54) is 18.4 Å². The molecule has 0 radical (unpaired) electrons. The molecule has 0 saturated carbocycles. The summed E-state index contributed by atoms with van der Waals surface area (Å²) >= 11 is 1.93. The molecule has 1 atom stereocenters. The number of hydrogen-bond donors (Lipinski definition) is 1. The van der Waals surface area contributed by atoms with E-state index in [2.05, 4.69) is 60.8 Å². The maximum atomic E-state index is 14.9. The zero-order chi connectivity index (χ0) is 21.8. The average Bonchev–Trinajstić information content (AvgIpc) is 3.39. The van der Waals surface area contributed by atoms with Crippen LogP contribution in [-0.4, -0.2) is 45.7 Å². The van der Waals surface area contributed by atoms with Crippen LogP contribution in [0.1, 0.15) is 53.8 Å². The summed E-state index contributed by atoms with van der Waals surface area (Å²) in [6.45, 7) is 3.78. The molecule has 3 aromatic rings. The van der Waals surface area contributed by atoms with Crippen molar-refractivity contribution in [1.29, 1.82) is 0 Å². The summed E-state index contributed by atoms with van der Waals surface area (Å²) in [4.78, 5) is 5.41. The second-order valence-electron chi connectivity index (χ2n) is 8.74. The maximum Gasteiger partial charge on any atom is 0.133 e. The molecular weight excluding hydrogens is 421 g/mol. The Bertz CT molecular complexity index is 989. The van der Waals surface area contributed by atoms with Crippen LogP contribution >= 0.6 is 11.9 Å². The lowest BCUT2D eigenvalue weighted by Gasteiger charge is -2.33. The average molecular weight is 452 g/mol. The van der Waals surface area contributed by atoms with Gasteiger partial charge in [0.15, 0.2) is 0 Å². The molecule has 1 unspecified atom stereocenters. The van der Waals surface area contributed by atoms with Gasteiger partial charge in [-0.1, -0.05) is 48.3 Å². The molecule has 5 nitrogen and oxygen atoms in total. The predicted octanol–water partition coefficient (Wildman–Crippen LogP) is 5.36. The highest BCUT2D eigenvalue weighted by atomic mass is 32.2. The van der Waals surface area contributed by atoms with E-state index in [-0.39, 0.29) is 5.82 Å². The predicted molar refractivity (Wildman–Crippen MR) is 128 cm³/mol. The lowest BCUT2D eigenvalue weighted by atomic mass is 9.95. The molecule has 5 rings (SSSR count). The van der Waals surface area contributed by atoms with Crippen LogP contribution in [-0.2, 0) is 6.42 Å². The summed E-state index contributed by atoms with van der Waals surface area (Å²) in [6, 6.07) is 16.5. The molecule has 2 aliphatic heterocycles. The van der Waals surface area contributed by atoms with Crippen molar-refractivity contribution in [3.8, 4) is 0 Å². The maximum absolute atomic E-state index is 14.9. The first-order valence-corrected chi connectivity index (χ1v) is 12.5. The molecule has 2 saturated heterocycles. The molecule has 0 spiro atoms. The molecule has 0 aliphatic carbocycles. The highest BCUT2D eigenvalue weighted by molar-refractivity contribution is 7.97. The van der Waals surface area contributed by atoms with Gasteiger partial charge in [-0.2, -0.15) is 0 Å². The van der Waals surface area contributed by atoms with Crippen molar-refractivity contribution in [1.82, 2.24) is 19.5 Å². The first-order valence-electron chi connectivity index (χ1n) is 11.6. The van der Waals surface area contributed by atoms with E-state index in [0.717, 1.165) is 62.5 Å². The van der Waals surface area contributed by atoms with Crippen molar-refractivity contribution < 1.29 is 4.39 Å². The summed E-state index contributed by atoms with van der Waals surface area (Å²) in [5, 5.41) is 8.56. The molecule has 1 N–H and O–H groups in total. The highest BCUT2D eigenvalue weighted by Crippen LogP contribution is 2.39. The topological polar surface area (TPSA) is 48.1 Å². The Balaban J connectivity index is 1.15. The number of piperidine rings is 1. The minimum absolute atomic E-state index is 0.0820. The number of benzene rings is 2. The van der Waals surface area contributed by atoms with E-state index in [1.54, 1.807) is 12.4 Å². The van der Waals surface area contributed by atoms with Crippen LogP contribution in [0.5, 0.6) is 0 Å². The van der Waals surface area contributed by atoms with E-state index in [9.17, 15) is 4.39 Å². The fourth-order valence-electron chi connectivity index (χ4n) is 4.80. The second-order valence-corrected chi connectivity index (χ2v) is 10.0. The van der Waals surface area contributed by atoms with E-state index in [1.807, 2.05) is 18.0 Å². The minimum atomic E-state index is -0.0820. The Hall–Kier alpha value is -2.38. The lowest BCUT2D eigenvalue weighted by Crippen LogP contribution is -2.33. The van der Waals surface area contributed by atoms with E-state index in [0.29, 0.717) is 11.2 Å².